The number of aromatic hydroxyl groups is 1. The smallest absolute Gasteiger partial charge is 0.416 e. The number of carbonyl (C=O) groups excluding carboxylic acids is 4. The molecule has 0 bridgehead atoms. The Hall–Kier alpha value is -4.48. The number of hydrogen-bond donors (Lipinski definition) is 1. The molecule has 2 amide bonds. The minimum atomic E-state index is -5.19. The van der Waals surface area contributed by atoms with E-state index < -0.39 is 76.2 Å². The Morgan fingerprint density at radius 3 is 2.02 bits per heavy atom. The van der Waals surface area contributed by atoms with Gasteiger partial charge in [0.25, 0.3) is 0 Å². The van der Waals surface area contributed by atoms with E-state index in [-0.39, 0.29) is 41.4 Å². The first kappa shape index (κ1) is 28.6. The SMILES string of the molecule is CC1=CC(=O)C2=C(C[C@@H]3C(=CC[C@@H]4C(=O)N(c5cc(C(F)(F)F)cc(C(F)(F)F)c5)C(=O)[C@@H]43)[C@@H]2c2ccc(O)cc2)C1=O. The van der Waals surface area contributed by atoms with Crippen LogP contribution in [0.25, 0.3) is 0 Å². The maximum Gasteiger partial charge on any atom is 0.416 e. The summed E-state index contributed by atoms with van der Waals surface area (Å²) in [7, 11) is 0. The summed E-state index contributed by atoms with van der Waals surface area (Å²) in [6, 6.07) is 6.49. The molecule has 1 heterocycles. The molecule has 43 heavy (non-hydrogen) atoms. The Morgan fingerprint density at radius 2 is 1.44 bits per heavy atom. The maximum absolute atomic E-state index is 13.9. The van der Waals surface area contributed by atoms with Gasteiger partial charge in [0.1, 0.15) is 5.75 Å². The highest BCUT2D eigenvalue weighted by molar-refractivity contribution is 6.25. The Morgan fingerprint density at radius 1 is 0.837 bits per heavy atom. The van der Waals surface area contributed by atoms with Gasteiger partial charge in [-0.25, -0.2) is 4.90 Å². The van der Waals surface area contributed by atoms with Crippen molar-refractivity contribution in [3.63, 3.8) is 0 Å². The lowest BCUT2D eigenvalue weighted by atomic mass is 9.59. The van der Waals surface area contributed by atoms with Crippen LogP contribution in [0.15, 0.2) is 76.9 Å². The quantitative estimate of drug-likeness (QED) is 0.196. The second kappa shape index (κ2) is 9.51. The molecule has 222 valence electrons. The summed E-state index contributed by atoms with van der Waals surface area (Å²) >= 11 is 0. The molecule has 1 aliphatic heterocycles. The van der Waals surface area contributed by atoms with Crippen molar-refractivity contribution in [2.45, 2.75) is 38.0 Å². The number of carbonyl (C=O) groups is 4. The normalized spacial score (nSPS) is 25.8. The number of rotatable bonds is 2. The van der Waals surface area contributed by atoms with Gasteiger partial charge in [-0.3, -0.25) is 19.2 Å². The molecular weight excluding hydrogens is 580 g/mol. The molecule has 0 spiro atoms. The largest absolute Gasteiger partial charge is 0.508 e. The molecule has 2 aromatic rings. The third kappa shape index (κ3) is 4.50. The van der Waals surface area contributed by atoms with Crippen LogP contribution in [0.5, 0.6) is 5.75 Å². The first-order valence-corrected chi connectivity index (χ1v) is 13.2. The molecule has 1 fully saturated rings. The number of anilines is 1. The van der Waals surface area contributed by atoms with Gasteiger partial charge in [-0.15, -0.1) is 0 Å². The van der Waals surface area contributed by atoms with Crippen LogP contribution in [0.2, 0.25) is 0 Å². The van der Waals surface area contributed by atoms with Crippen molar-refractivity contribution < 1.29 is 50.6 Å². The van der Waals surface area contributed by atoms with Crippen LogP contribution in [0.4, 0.5) is 32.0 Å². The van der Waals surface area contributed by atoms with E-state index in [0.717, 1.165) is 0 Å². The Balaban J connectivity index is 1.47. The van der Waals surface area contributed by atoms with Crippen LogP contribution in [-0.2, 0) is 31.5 Å². The fourth-order valence-electron chi connectivity index (χ4n) is 6.75. The highest BCUT2D eigenvalue weighted by Gasteiger charge is 2.57. The first-order chi connectivity index (χ1) is 20.1. The summed E-state index contributed by atoms with van der Waals surface area (Å²) in [6.45, 7) is 1.46. The molecule has 3 aliphatic carbocycles. The van der Waals surface area contributed by atoms with Crippen molar-refractivity contribution in [1.29, 1.82) is 0 Å². The lowest BCUT2D eigenvalue weighted by molar-refractivity contribution is -0.143. The van der Waals surface area contributed by atoms with Crippen LogP contribution in [0.1, 0.15) is 42.4 Å². The van der Waals surface area contributed by atoms with E-state index in [1.165, 1.54) is 25.1 Å². The molecule has 12 heteroatoms. The van der Waals surface area contributed by atoms with Gasteiger partial charge < -0.3 is 5.11 Å². The molecule has 2 aromatic carbocycles. The molecule has 6 rings (SSSR count). The zero-order valence-electron chi connectivity index (χ0n) is 22.2. The molecule has 1 N–H and O–H groups in total. The van der Waals surface area contributed by atoms with Crippen molar-refractivity contribution in [1.82, 2.24) is 0 Å². The second-order valence-corrected chi connectivity index (χ2v) is 11.1. The topological polar surface area (TPSA) is 91.8 Å². The zero-order valence-corrected chi connectivity index (χ0v) is 22.2. The number of phenols is 1. The van der Waals surface area contributed by atoms with Crippen LogP contribution >= 0.6 is 0 Å². The van der Waals surface area contributed by atoms with Crippen LogP contribution in [0.3, 0.4) is 0 Å². The Labute approximate surface area is 240 Å². The lowest BCUT2D eigenvalue weighted by Gasteiger charge is -2.42. The van der Waals surface area contributed by atoms with Crippen LogP contribution in [0, 0.1) is 17.8 Å². The number of alkyl halides is 6. The minimum absolute atomic E-state index is 0.0587. The van der Waals surface area contributed by atoms with Gasteiger partial charge in [0, 0.05) is 22.6 Å². The number of amides is 2. The Bertz CT molecular complexity index is 1680. The summed E-state index contributed by atoms with van der Waals surface area (Å²) in [4.78, 5) is 54.3. The fraction of sp³-hybridized carbons (Fsp3) is 0.290. The van der Waals surface area contributed by atoms with Crippen molar-refractivity contribution in [2.24, 2.45) is 17.8 Å². The van der Waals surface area contributed by atoms with Gasteiger partial charge in [-0.2, -0.15) is 26.3 Å². The maximum atomic E-state index is 13.9. The number of benzene rings is 2. The highest BCUT2D eigenvalue weighted by atomic mass is 19.4. The summed E-state index contributed by atoms with van der Waals surface area (Å²) in [6.07, 6.45) is -7.66. The van der Waals surface area contributed by atoms with E-state index in [4.69, 9.17) is 0 Å². The van der Waals surface area contributed by atoms with Gasteiger partial charge in [0.05, 0.1) is 28.7 Å². The van der Waals surface area contributed by atoms with Crippen LogP contribution in [-0.4, -0.2) is 28.5 Å². The molecular formula is C31H21F6NO5. The number of ketones is 2. The molecule has 4 atom stereocenters. The summed E-state index contributed by atoms with van der Waals surface area (Å²) < 4.78 is 81.4. The van der Waals surface area contributed by atoms with Gasteiger partial charge in [0.15, 0.2) is 11.6 Å². The lowest BCUT2D eigenvalue weighted by Crippen LogP contribution is -2.39. The van der Waals surface area contributed by atoms with E-state index in [1.54, 1.807) is 18.2 Å². The predicted octanol–water partition coefficient (Wildman–Crippen LogP) is 6.06. The van der Waals surface area contributed by atoms with Gasteiger partial charge in [-0.05, 0) is 67.7 Å². The second-order valence-electron chi connectivity index (χ2n) is 11.1. The molecule has 0 unspecified atom stereocenters. The van der Waals surface area contributed by atoms with Gasteiger partial charge in [-0.1, -0.05) is 23.8 Å². The molecule has 0 aromatic heterocycles. The van der Waals surface area contributed by atoms with Crippen molar-refractivity contribution in [3.05, 3.63) is 93.6 Å². The summed E-state index contributed by atoms with van der Waals surface area (Å²) in [5.74, 6) is -6.78. The number of phenolic OH excluding ortho intramolecular Hbond substituents is 1. The highest BCUT2D eigenvalue weighted by Crippen LogP contribution is 2.55. The predicted molar refractivity (Wildman–Crippen MR) is 138 cm³/mol. The average Bonchev–Trinajstić information content (AvgIpc) is 3.19. The fourth-order valence-corrected chi connectivity index (χ4v) is 6.75. The van der Waals surface area contributed by atoms with Crippen molar-refractivity contribution in [3.8, 4) is 5.75 Å². The van der Waals surface area contributed by atoms with Crippen LogP contribution < -0.4 is 4.90 Å². The first-order valence-electron chi connectivity index (χ1n) is 13.2. The number of nitrogens with zero attached hydrogens (tertiary/aromatic N) is 1. The molecule has 6 nitrogen and oxygen atoms in total. The number of halogens is 6. The number of Topliss-reactive ketones (excluding diaryl/α,β-unsaturated/α-hetero) is 1. The van der Waals surface area contributed by atoms with E-state index in [1.807, 2.05) is 0 Å². The Kier molecular flexibility index (Phi) is 6.34. The molecule has 4 aliphatic rings. The number of fused-ring (bicyclic) bond motifs is 3. The third-order valence-corrected chi connectivity index (χ3v) is 8.62. The van der Waals surface area contributed by atoms with E-state index in [2.05, 4.69) is 0 Å². The standard InChI is InChI=1S/C31H21F6NO5/c1-13-8-23(40)26-22(27(13)41)12-21-19(24(26)14-2-4-18(39)5-3-14)6-7-20-25(21)29(43)38(28(20)42)17-10-15(30(32,33)34)9-16(11-17)31(35,36)37/h2-6,8-11,20-21,24-25,39H,7,12H2,1H3/t20-,21+,24-,25-/m0/s1. The van der Waals surface area contributed by atoms with E-state index in [9.17, 15) is 50.6 Å². The monoisotopic (exact) mass is 601 g/mol. The third-order valence-electron chi connectivity index (χ3n) is 8.62. The van der Waals surface area contributed by atoms with E-state index >= 15 is 0 Å². The minimum Gasteiger partial charge on any atom is -0.508 e. The summed E-state index contributed by atoms with van der Waals surface area (Å²) in [5, 5.41) is 9.83. The number of allylic oxidation sites excluding steroid dienone is 6. The number of hydrogen-bond acceptors (Lipinski definition) is 5. The summed E-state index contributed by atoms with van der Waals surface area (Å²) in [5.41, 5.74) is -2.60. The molecule has 0 radical (unpaired) electrons. The van der Waals surface area contributed by atoms with Gasteiger partial charge in [0.2, 0.25) is 11.8 Å². The van der Waals surface area contributed by atoms with E-state index in [0.29, 0.717) is 28.2 Å². The van der Waals surface area contributed by atoms with Gasteiger partial charge >= 0.3 is 12.4 Å². The molecule has 1 saturated heterocycles. The van der Waals surface area contributed by atoms with Crippen molar-refractivity contribution in [2.75, 3.05) is 4.90 Å². The zero-order chi connectivity index (χ0) is 31.2. The van der Waals surface area contributed by atoms with Crippen molar-refractivity contribution >= 4 is 29.1 Å². The average molecular weight is 601 g/mol. The molecule has 0 saturated carbocycles. The number of imide groups is 1.